The Morgan fingerprint density at radius 2 is 2.00 bits per heavy atom. The van der Waals surface area contributed by atoms with Crippen LogP contribution in [0.5, 0.6) is 0 Å². The fourth-order valence-corrected chi connectivity index (χ4v) is 2.33. The van der Waals surface area contributed by atoms with Crippen LogP contribution in [-0.4, -0.2) is 24.0 Å². The molecule has 2 saturated heterocycles. The third-order valence-electron chi connectivity index (χ3n) is 3.06. The summed E-state index contributed by atoms with van der Waals surface area (Å²) in [7, 11) is 0. The van der Waals surface area contributed by atoms with Crippen LogP contribution in [0.2, 0.25) is 0 Å². The molecule has 2 fully saturated rings. The maximum Gasteiger partial charge on any atom is 0.00703 e. The van der Waals surface area contributed by atoms with Crippen LogP contribution in [0.1, 0.15) is 20.3 Å². The number of nitrogens with zero attached hydrogens (tertiary/aromatic N) is 1. The van der Waals surface area contributed by atoms with Gasteiger partial charge >= 0.3 is 0 Å². The van der Waals surface area contributed by atoms with Crippen molar-refractivity contribution in [2.45, 2.75) is 26.3 Å². The van der Waals surface area contributed by atoms with Gasteiger partial charge in [0.15, 0.2) is 0 Å². The van der Waals surface area contributed by atoms with E-state index < -0.39 is 0 Å². The molecule has 0 amide bonds. The summed E-state index contributed by atoms with van der Waals surface area (Å²) in [5.74, 6) is 2.03. The number of piperidine rings is 1. The van der Waals surface area contributed by atoms with Crippen molar-refractivity contribution in [3.05, 3.63) is 0 Å². The molecule has 0 saturated carbocycles. The average Bonchev–Trinajstić information content (AvgIpc) is 2.24. The highest BCUT2D eigenvalue weighted by Crippen LogP contribution is 2.36. The molecule has 2 rings (SSSR count). The van der Waals surface area contributed by atoms with E-state index in [2.05, 4.69) is 18.7 Å². The van der Waals surface area contributed by atoms with Crippen LogP contribution >= 0.6 is 0 Å². The fraction of sp³-hybridized carbons (Fsp3) is 1.00. The van der Waals surface area contributed by atoms with Crippen LogP contribution < -0.4 is 0 Å². The SMILES string of the molecule is CC1CN2CC1CC2C. The molecule has 1 heteroatoms. The van der Waals surface area contributed by atoms with Gasteiger partial charge in [0.1, 0.15) is 0 Å². The highest BCUT2D eigenvalue weighted by molar-refractivity contribution is 4.92. The van der Waals surface area contributed by atoms with Crippen molar-refractivity contribution < 1.29 is 0 Å². The zero-order chi connectivity index (χ0) is 6.43. The largest absolute Gasteiger partial charge is 0.300 e. The van der Waals surface area contributed by atoms with E-state index in [1.807, 2.05) is 0 Å². The Bertz CT molecular complexity index is 104. The lowest BCUT2D eigenvalue weighted by molar-refractivity contribution is 0.243. The van der Waals surface area contributed by atoms with Gasteiger partial charge in [-0.2, -0.15) is 0 Å². The minimum absolute atomic E-state index is 0.895. The van der Waals surface area contributed by atoms with E-state index in [4.69, 9.17) is 0 Å². The van der Waals surface area contributed by atoms with Crippen LogP contribution in [0.15, 0.2) is 0 Å². The first-order chi connectivity index (χ1) is 4.27. The summed E-state index contributed by atoms with van der Waals surface area (Å²) in [5, 5.41) is 0. The molecule has 0 aromatic heterocycles. The third-order valence-corrected chi connectivity index (χ3v) is 3.06. The summed E-state index contributed by atoms with van der Waals surface area (Å²) in [4.78, 5) is 2.62. The standard InChI is InChI=1S/C8H15N/c1-6-4-9-5-8(6)3-7(9)2/h6-8H,3-5H2,1-2H3. The highest BCUT2D eigenvalue weighted by Gasteiger charge is 2.39. The molecule has 9 heavy (non-hydrogen) atoms. The van der Waals surface area contributed by atoms with Gasteiger partial charge in [-0.05, 0) is 25.2 Å². The predicted octanol–water partition coefficient (Wildman–Crippen LogP) is 1.35. The number of fused-ring (bicyclic) bond motifs is 2. The number of rotatable bonds is 0. The predicted molar refractivity (Wildman–Crippen MR) is 38.3 cm³/mol. The van der Waals surface area contributed by atoms with Crippen LogP contribution in [0.25, 0.3) is 0 Å². The molecule has 1 nitrogen and oxygen atoms in total. The lowest BCUT2D eigenvalue weighted by Crippen LogP contribution is -2.29. The fourth-order valence-electron chi connectivity index (χ4n) is 2.33. The summed E-state index contributed by atoms with van der Waals surface area (Å²) in [6.45, 7) is 7.50. The third kappa shape index (κ3) is 0.710. The quantitative estimate of drug-likeness (QED) is 0.472. The molecule has 2 aliphatic rings. The monoisotopic (exact) mass is 125 g/mol. The van der Waals surface area contributed by atoms with Crippen molar-refractivity contribution in [2.75, 3.05) is 13.1 Å². The van der Waals surface area contributed by atoms with E-state index in [0.29, 0.717) is 0 Å². The van der Waals surface area contributed by atoms with E-state index in [0.717, 1.165) is 17.9 Å². The first-order valence-corrected chi connectivity index (χ1v) is 4.01. The second-order valence-electron chi connectivity index (χ2n) is 3.78. The Kier molecular flexibility index (Phi) is 1.10. The van der Waals surface area contributed by atoms with E-state index in [1.54, 1.807) is 0 Å². The second-order valence-corrected chi connectivity index (χ2v) is 3.78. The Morgan fingerprint density at radius 1 is 1.22 bits per heavy atom. The zero-order valence-corrected chi connectivity index (χ0v) is 6.30. The van der Waals surface area contributed by atoms with Crippen molar-refractivity contribution >= 4 is 0 Å². The van der Waals surface area contributed by atoms with Gasteiger partial charge in [-0.1, -0.05) is 6.92 Å². The minimum atomic E-state index is 0.895. The molecule has 0 spiro atoms. The highest BCUT2D eigenvalue weighted by atomic mass is 15.2. The molecule has 0 aromatic carbocycles. The Morgan fingerprint density at radius 3 is 2.33 bits per heavy atom. The summed E-state index contributed by atoms with van der Waals surface area (Å²) in [5.41, 5.74) is 0. The average molecular weight is 125 g/mol. The van der Waals surface area contributed by atoms with Crippen molar-refractivity contribution in [1.82, 2.24) is 4.90 Å². The molecule has 4 atom stereocenters. The summed E-state index contributed by atoms with van der Waals surface area (Å²) in [6, 6.07) is 0.895. The smallest absolute Gasteiger partial charge is 0.00703 e. The molecular weight excluding hydrogens is 110 g/mol. The van der Waals surface area contributed by atoms with Crippen LogP contribution in [-0.2, 0) is 0 Å². The first kappa shape index (κ1) is 5.72. The molecule has 4 unspecified atom stereocenters. The van der Waals surface area contributed by atoms with Crippen molar-refractivity contribution in [2.24, 2.45) is 11.8 Å². The van der Waals surface area contributed by atoms with Crippen LogP contribution in [0.4, 0.5) is 0 Å². The van der Waals surface area contributed by atoms with E-state index in [1.165, 1.54) is 19.5 Å². The lowest BCUT2D eigenvalue weighted by atomic mass is 9.92. The van der Waals surface area contributed by atoms with E-state index in [-0.39, 0.29) is 0 Å². The van der Waals surface area contributed by atoms with Crippen molar-refractivity contribution in [3.8, 4) is 0 Å². The van der Waals surface area contributed by atoms with Gasteiger partial charge in [0.25, 0.3) is 0 Å². The molecular formula is C8H15N. The van der Waals surface area contributed by atoms with Gasteiger partial charge in [-0.15, -0.1) is 0 Å². The van der Waals surface area contributed by atoms with Crippen molar-refractivity contribution in [1.29, 1.82) is 0 Å². The zero-order valence-electron chi connectivity index (χ0n) is 6.30. The first-order valence-electron chi connectivity index (χ1n) is 4.01. The molecule has 52 valence electrons. The van der Waals surface area contributed by atoms with Gasteiger partial charge < -0.3 is 4.90 Å². The maximum absolute atomic E-state index is 2.62. The second kappa shape index (κ2) is 1.72. The van der Waals surface area contributed by atoms with Gasteiger partial charge in [0.05, 0.1) is 0 Å². The molecule has 0 radical (unpaired) electrons. The Balaban J connectivity index is 2.10. The van der Waals surface area contributed by atoms with Gasteiger partial charge in [0.2, 0.25) is 0 Å². The van der Waals surface area contributed by atoms with Crippen LogP contribution in [0.3, 0.4) is 0 Å². The van der Waals surface area contributed by atoms with E-state index in [9.17, 15) is 0 Å². The van der Waals surface area contributed by atoms with Crippen LogP contribution in [0, 0.1) is 11.8 Å². The van der Waals surface area contributed by atoms with Gasteiger partial charge in [0, 0.05) is 19.1 Å². The number of hydrogen-bond donors (Lipinski definition) is 0. The molecule has 2 aliphatic heterocycles. The molecule has 0 N–H and O–H groups in total. The summed E-state index contributed by atoms with van der Waals surface area (Å²) < 4.78 is 0. The van der Waals surface area contributed by atoms with E-state index >= 15 is 0 Å². The Labute approximate surface area is 57.0 Å². The topological polar surface area (TPSA) is 3.24 Å². The number of hydrogen-bond acceptors (Lipinski definition) is 1. The van der Waals surface area contributed by atoms with Gasteiger partial charge in [-0.25, -0.2) is 0 Å². The van der Waals surface area contributed by atoms with Gasteiger partial charge in [-0.3, -0.25) is 0 Å². The Hall–Kier alpha value is -0.0400. The normalized spacial score (nSPS) is 56.7. The maximum atomic E-state index is 2.62. The summed E-state index contributed by atoms with van der Waals surface area (Å²) in [6.07, 6.45) is 1.46. The molecule has 2 bridgehead atoms. The summed E-state index contributed by atoms with van der Waals surface area (Å²) >= 11 is 0. The minimum Gasteiger partial charge on any atom is -0.300 e. The molecule has 2 heterocycles. The van der Waals surface area contributed by atoms with Crippen molar-refractivity contribution in [3.63, 3.8) is 0 Å². The molecule has 0 aromatic rings. The lowest BCUT2D eigenvalue weighted by Gasteiger charge is -2.24. The molecule has 0 aliphatic carbocycles.